The topological polar surface area (TPSA) is 94.0 Å². The van der Waals surface area contributed by atoms with Crippen molar-refractivity contribution in [3.05, 3.63) is 34.5 Å². The van der Waals surface area contributed by atoms with Crippen molar-refractivity contribution >= 4 is 29.0 Å². The van der Waals surface area contributed by atoms with E-state index in [0.29, 0.717) is 16.4 Å². The van der Waals surface area contributed by atoms with Gasteiger partial charge in [0.15, 0.2) is 5.82 Å². The molecule has 7 heteroatoms. The van der Waals surface area contributed by atoms with E-state index in [1.54, 1.807) is 18.2 Å². The minimum absolute atomic E-state index is 0.00128. The van der Waals surface area contributed by atoms with Crippen LogP contribution in [0.15, 0.2) is 22.8 Å². The average molecular weight is 267 g/mol. The van der Waals surface area contributed by atoms with Gasteiger partial charge in [-0.15, -0.1) is 0 Å². The minimum atomic E-state index is -0.261. The van der Waals surface area contributed by atoms with Crippen LogP contribution in [0.4, 0.5) is 11.5 Å². The normalized spacial score (nSPS) is 10.3. The number of nitrogens with zero attached hydrogens (tertiary/aromatic N) is 2. The van der Waals surface area contributed by atoms with E-state index < -0.39 is 0 Å². The van der Waals surface area contributed by atoms with Gasteiger partial charge in [0.2, 0.25) is 5.91 Å². The van der Waals surface area contributed by atoms with Crippen LogP contribution in [0, 0.1) is 6.92 Å². The van der Waals surface area contributed by atoms with Crippen molar-refractivity contribution < 1.29 is 9.42 Å². The molecule has 3 N–H and O–H groups in total. The third-order valence-electron chi connectivity index (χ3n) is 2.46. The van der Waals surface area contributed by atoms with Crippen molar-refractivity contribution in [1.29, 1.82) is 0 Å². The molecule has 0 radical (unpaired) electrons. The maximum Gasteiger partial charge on any atom is 0.230 e. The van der Waals surface area contributed by atoms with Gasteiger partial charge in [0.05, 0.1) is 6.42 Å². The Bertz CT molecular complexity index is 582. The highest BCUT2D eigenvalue weighted by Crippen LogP contribution is 2.23. The molecule has 94 valence electrons. The molecule has 6 nitrogen and oxygen atoms in total. The molecule has 2 aromatic rings. The van der Waals surface area contributed by atoms with Gasteiger partial charge in [-0.05, 0) is 29.8 Å². The largest absolute Gasteiger partial charge is 0.379 e. The van der Waals surface area contributed by atoms with E-state index in [2.05, 4.69) is 20.3 Å². The SMILES string of the molecule is Cc1c(Cl)cccc1NC(=O)Cc1nonc1N. The fourth-order valence-corrected chi connectivity index (χ4v) is 1.60. The number of nitrogens with two attached hydrogens (primary N) is 1. The van der Waals surface area contributed by atoms with Crippen molar-refractivity contribution in [3.8, 4) is 0 Å². The molecule has 0 unspecified atom stereocenters. The molecule has 0 aliphatic rings. The van der Waals surface area contributed by atoms with Crippen LogP contribution in [0.2, 0.25) is 5.02 Å². The Labute approximate surface area is 108 Å². The van der Waals surface area contributed by atoms with Gasteiger partial charge < -0.3 is 11.1 Å². The summed E-state index contributed by atoms with van der Waals surface area (Å²) < 4.78 is 4.41. The van der Waals surface area contributed by atoms with Crippen molar-refractivity contribution in [2.45, 2.75) is 13.3 Å². The molecule has 0 fully saturated rings. The van der Waals surface area contributed by atoms with Crippen LogP contribution < -0.4 is 11.1 Å². The summed E-state index contributed by atoms with van der Waals surface area (Å²) in [5, 5.41) is 10.3. The highest BCUT2D eigenvalue weighted by molar-refractivity contribution is 6.31. The Morgan fingerprint density at radius 3 is 2.94 bits per heavy atom. The molecule has 0 bridgehead atoms. The first-order chi connectivity index (χ1) is 8.58. The zero-order valence-corrected chi connectivity index (χ0v) is 10.4. The zero-order valence-electron chi connectivity index (χ0n) is 9.61. The summed E-state index contributed by atoms with van der Waals surface area (Å²) in [6, 6.07) is 5.28. The number of carbonyl (C=O) groups excluding carboxylic acids is 1. The van der Waals surface area contributed by atoms with Crippen molar-refractivity contribution in [2.75, 3.05) is 11.1 Å². The van der Waals surface area contributed by atoms with Gasteiger partial charge in [-0.25, -0.2) is 4.63 Å². The fourth-order valence-electron chi connectivity index (χ4n) is 1.43. The Morgan fingerprint density at radius 2 is 2.28 bits per heavy atom. The number of hydrogen-bond acceptors (Lipinski definition) is 5. The van der Waals surface area contributed by atoms with Gasteiger partial charge in [0, 0.05) is 10.7 Å². The number of halogens is 1. The second-order valence-electron chi connectivity index (χ2n) is 3.73. The van der Waals surface area contributed by atoms with E-state index in [9.17, 15) is 4.79 Å². The summed E-state index contributed by atoms with van der Waals surface area (Å²) in [5.74, 6) is -0.143. The van der Waals surface area contributed by atoms with Crippen LogP contribution in [0.1, 0.15) is 11.3 Å². The number of carbonyl (C=O) groups is 1. The van der Waals surface area contributed by atoms with Crippen LogP contribution in [-0.2, 0) is 11.2 Å². The standard InChI is InChI=1S/C11H11ClN4O2/c1-6-7(12)3-2-4-8(6)14-10(17)5-9-11(13)16-18-15-9/h2-4H,5H2,1H3,(H2,13,16)(H,14,17). The van der Waals surface area contributed by atoms with E-state index in [1.807, 2.05) is 6.92 Å². The molecule has 1 aromatic heterocycles. The highest BCUT2D eigenvalue weighted by atomic mass is 35.5. The minimum Gasteiger partial charge on any atom is -0.379 e. The number of hydrogen-bond donors (Lipinski definition) is 2. The maximum absolute atomic E-state index is 11.8. The predicted molar refractivity (Wildman–Crippen MR) is 67.2 cm³/mol. The number of amides is 1. The summed E-state index contributed by atoms with van der Waals surface area (Å²) in [7, 11) is 0. The number of aromatic nitrogens is 2. The third kappa shape index (κ3) is 2.60. The summed E-state index contributed by atoms with van der Waals surface area (Å²) in [6.07, 6.45) is 0.00128. The van der Waals surface area contributed by atoms with Crippen LogP contribution in [0.5, 0.6) is 0 Å². The molecule has 2 rings (SSSR count). The van der Waals surface area contributed by atoms with E-state index >= 15 is 0 Å². The molecule has 0 saturated heterocycles. The lowest BCUT2D eigenvalue weighted by molar-refractivity contribution is -0.115. The highest BCUT2D eigenvalue weighted by Gasteiger charge is 2.13. The number of nitrogens with one attached hydrogen (secondary N) is 1. The molecule has 1 heterocycles. The fraction of sp³-hybridized carbons (Fsp3) is 0.182. The Kier molecular flexibility index (Phi) is 3.47. The van der Waals surface area contributed by atoms with E-state index in [0.717, 1.165) is 5.56 Å². The average Bonchev–Trinajstić information content (AvgIpc) is 2.71. The Balaban J connectivity index is 2.08. The number of rotatable bonds is 3. The third-order valence-corrected chi connectivity index (χ3v) is 2.87. The summed E-state index contributed by atoms with van der Waals surface area (Å²) in [6.45, 7) is 1.82. The molecule has 1 amide bonds. The van der Waals surface area contributed by atoms with Crippen LogP contribution in [-0.4, -0.2) is 16.2 Å². The number of benzene rings is 1. The van der Waals surface area contributed by atoms with E-state index in [1.165, 1.54) is 0 Å². The first kappa shape index (κ1) is 12.4. The lowest BCUT2D eigenvalue weighted by atomic mass is 10.2. The summed E-state index contributed by atoms with van der Waals surface area (Å²) in [4.78, 5) is 11.8. The molecule has 0 spiro atoms. The second-order valence-corrected chi connectivity index (χ2v) is 4.14. The van der Waals surface area contributed by atoms with E-state index in [4.69, 9.17) is 17.3 Å². The molecule has 0 aliphatic heterocycles. The maximum atomic E-state index is 11.8. The molecular formula is C11H11ClN4O2. The first-order valence-corrected chi connectivity index (χ1v) is 5.57. The summed E-state index contributed by atoms with van der Waals surface area (Å²) in [5.41, 5.74) is 7.24. The van der Waals surface area contributed by atoms with Gasteiger partial charge in [-0.1, -0.05) is 22.8 Å². The lowest BCUT2D eigenvalue weighted by Gasteiger charge is -2.08. The lowest BCUT2D eigenvalue weighted by Crippen LogP contribution is -2.16. The van der Waals surface area contributed by atoms with Crippen molar-refractivity contribution in [2.24, 2.45) is 0 Å². The van der Waals surface area contributed by atoms with E-state index in [-0.39, 0.29) is 18.1 Å². The van der Waals surface area contributed by atoms with Gasteiger partial charge in [0.1, 0.15) is 5.69 Å². The van der Waals surface area contributed by atoms with Gasteiger partial charge in [-0.2, -0.15) is 0 Å². The van der Waals surface area contributed by atoms with Crippen LogP contribution in [0.3, 0.4) is 0 Å². The van der Waals surface area contributed by atoms with Crippen LogP contribution in [0.25, 0.3) is 0 Å². The first-order valence-electron chi connectivity index (χ1n) is 5.20. The Hall–Kier alpha value is -2.08. The monoisotopic (exact) mass is 266 g/mol. The van der Waals surface area contributed by atoms with Crippen molar-refractivity contribution in [1.82, 2.24) is 10.3 Å². The molecule has 0 saturated carbocycles. The number of anilines is 2. The molecule has 1 aromatic carbocycles. The van der Waals surface area contributed by atoms with Gasteiger partial charge in [-0.3, -0.25) is 4.79 Å². The quantitative estimate of drug-likeness (QED) is 0.883. The van der Waals surface area contributed by atoms with Crippen molar-refractivity contribution in [3.63, 3.8) is 0 Å². The molecular weight excluding hydrogens is 256 g/mol. The molecule has 0 aliphatic carbocycles. The smallest absolute Gasteiger partial charge is 0.230 e. The molecule has 18 heavy (non-hydrogen) atoms. The number of nitrogen functional groups attached to an aromatic ring is 1. The van der Waals surface area contributed by atoms with Gasteiger partial charge >= 0.3 is 0 Å². The van der Waals surface area contributed by atoms with Crippen LogP contribution >= 0.6 is 11.6 Å². The summed E-state index contributed by atoms with van der Waals surface area (Å²) >= 11 is 5.96. The molecule has 0 atom stereocenters. The van der Waals surface area contributed by atoms with Gasteiger partial charge in [0.25, 0.3) is 0 Å². The second kappa shape index (κ2) is 5.05. The zero-order chi connectivity index (χ0) is 13.1. The Morgan fingerprint density at radius 1 is 1.50 bits per heavy atom. The predicted octanol–water partition coefficient (Wildman–Crippen LogP) is 1.79.